The van der Waals surface area contributed by atoms with Gasteiger partial charge in [-0.25, -0.2) is 0 Å². The van der Waals surface area contributed by atoms with Gasteiger partial charge in [-0.15, -0.1) is 0 Å². The van der Waals surface area contributed by atoms with Crippen molar-refractivity contribution >= 4 is 23.1 Å². The van der Waals surface area contributed by atoms with Crippen LogP contribution in [0, 0.1) is 10.1 Å². The van der Waals surface area contributed by atoms with E-state index in [1.165, 1.54) is 35.4 Å². The van der Waals surface area contributed by atoms with Crippen LogP contribution in [0.5, 0.6) is 0 Å². The van der Waals surface area contributed by atoms with Gasteiger partial charge in [0.25, 0.3) is 17.4 Å². The van der Waals surface area contributed by atoms with Gasteiger partial charge in [-0.2, -0.15) is 0 Å². The summed E-state index contributed by atoms with van der Waals surface area (Å²) < 4.78 is 5.21. The lowest BCUT2D eigenvalue weighted by Gasteiger charge is -2.24. The second-order valence-electron chi connectivity index (χ2n) is 6.39. The average molecular weight is 413 g/mol. The van der Waals surface area contributed by atoms with Gasteiger partial charge in [0.2, 0.25) is 0 Å². The number of carbonyl (C=O) groups is 2. The van der Waals surface area contributed by atoms with Gasteiger partial charge in [0.15, 0.2) is 0 Å². The highest BCUT2D eigenvalue weighted by Crippen LogP contribution is 2.38. The normalized spacial score (nSPS) is 18.0. The summed E-state index contributed by atoms with van der Waals surface area (Å²) in [6.45, 7) is 0.0287. The molecule has 2 heterocycles. The molecule has 1 unspecified atom stereocenters. The molecular formula is C20H19N3O7. The highest BCUT2D eigenvalue weighted by atomic mass is 16.6. The Labute approximate surface area is 171 Å². The predicted molar refractivity (Wildman–Crippen MR) is 104 cm³/mol. The number of pyridine rings is 1. The van der Waals surface area contributed by atoms with Gasteiger partial charge in [-0.1, -0.05) is 6.07 Å². The number of nitro groups is 1. The fraction of sp³-hybridized carbons (Fsp3) is 0.250. The van der Waals surface area contributed by atoms with Crippen LogP contribution in [-0.2, 0) is 14.3 Å². The molecule has 1 atom stereocenters. The van der Waals surface area contributed by atoms with Crippen LogP contribution in [0.2, 0.25) is 0 Å². The van der Waals surface area contributed by atoms with Crippen molar-refractivity contribution in [1.29, 1.82) is 0 Å². The molecule has 30 heavy (non-hydrogen) atoms. The summed E-state index contributed by atoms with van der Waals surface area (Å²) in [6, 6.07) is 9.06. The lowest BCUT2D eigenvalue weighted by molar-refractivity contribution is -0.384. The van der Waals surface area contributed by atoms with Crippen molar-refractivity contribution in [3.05, 3.63) is 75.6 Å². The summed E-state index contributed by atoms with van der Waals surface area (Å²) in [6.07, 6.45) is 1.50. The first-order valence-electron chi connectivity index (χ1n) is 9.08. The van der Waals surface area contributed by atoms with Gasteiger partial charge in [-0.05, 0) is 24.3 Å². The Kier molecular flexibility index (Phi) is 6.50. The molecule has 2 aromatic rings. The van der Waals surface area contributed by atoms with Crippen LogP contribution >= 0.6 is 0 Å². The van der Waals surface area contributed by atoms with Crippen LogP contribution in [0.15, 0.2) is 54.2 Å². The molecule has 1 fully saturated rings. The van der Waals surface area contributed by atoms with Gasteiger partial charge >= 0.3 is 0 Å². The number of likely N-dealkylation sites (tertiary alicyclic amines) is 1. The van der Waals surface area contributed by atoms with Crippen molar-refractivity contribution in [2.45, 2.75) is 6.04 Å². The number of nitro benzene ring substituents is 1. The molecule has 0 radical (unpaired) electrons. The van der Waals surface area contributed by atoms with Gasteiger partial charge in [0, 0.05) is 30.4 Å². The van der Waals surface area contributed by atoms with E-state index in [4.69, 9.17) is 9.84 Å². The molecule has 10 heteroatoms. The first kappa shape index (κ1) is 21.1. The quantitative estimate of drug-likeness (QED) is 0.165. The number of aromatic nitrogens is 1. The monoisotopic (exact) mass is 413 g/mol. The van der Waals surface area contributed by atoms with Gasteiger partial charge in [-0.3, -0.25) is 24.7 Å². The number of benzene rings is 1. The Morgan fingerprint density at radius 1 is 1.17 bits per heavy atom. The van der Waals surface area contributed by atoms with E-state index < -0.39 is 28.4 Å². The van der Waals surface area contributed by atoms with Gasteiger partial charge in [0.05, 0.1) is 36.0 Å². The summed E-state index contributed by atoms with van der Waals surface area (Å²) in [5, 5.41) is 30.5. The number of hydrogen-bond acceptors (Lipinski definition) is 8. The first-order valence-corrected chi connectivity index (χ1v) is 9.08. The lowest BCUT2D eigenvalue weighted by atomic mass is 9.98. The van der Waals surface area contributed by atoms with E-state index in [0.717, 1.165) is 0 Å². The van der Waals surface area contributed by atoms with E-state index in [1.807, 2.05) is 0 Å². The maximum Gasteiger partial charge on any atom is 0.295 e. The van der Waals surface area contributed by atoms with E-state index in [-0.39, 0.29) is 43.2 Å². The maximum absolute atomic E-state index is 12.8. The van der Waals surface area contributed by atoms with E-state index in [1.54, 1.807) is 18.2 Å². The molecule has 1 aromatic heterocycles. The molecule has 0 bridgehead atoms. The molecule has 1 amide bonds. The summed E-state index contributed by atoms with van der Waals surface area (Å²) in [7, 11) is 0. The van der Waals surface area contributed by atoms with Gasteiger partial charge in [0.1, 0.15) is 11.8 Å². The highest BCUT2D eigenvalue weighted by Gasteiger charge is 2.46. The topological polar surface area (TPSA) is 143 Å². The number of rotatable bonds is 8. The summed E-state index contributed by atoms with van der Waals surface area (Å²) in [4.78, 5) is 41.1. The molecule has 10 nitrogen and oxygen atoms in total. The molecule has 0 spiro atoms. The SMILES string of the molecule is O=C1C(=O)N(CCOCCO)C(c2ccccn2)C1=C(O)c1ccc([N+](=O)[O-])cc1. The van der Waals surface area contributed by atoms with E-state index >= 15 is 0 Å². The maximum atomic E-state index is 12.8. The molecule has 156 valence electrons. The first-order chi connectivity index (χ1) is 14.5. The highest BCUT2D eigenvalue weighted by molar-refractivity contribution is 6.46. The number of ketones is 1. The van der Waals surface area contributed by atoms with Crippen LogP contribution in [0.3, 0.4) is 0 Å². The zero-order valence-electron chi connectivity index (χ0n) is 15.8. The minimum Gasteiger partial charge on any atom is -0.507 e. The van der Waals surface area contributed by atoms with E-state index in [0.29, 0.717) is 5.69 Å². The number of nitrogens with zero attached hydrogens (tertiary/aromatic N) is 3. The smallest absolute Gasteiger partial charge is 0.295 e. The fourth-order valence-corrected chi connectivity index (χ4v) is 3.18. The Hall–Kier alpha value is -3.63. The fourth-order valence-electron chi connectivity index (χ4n) is 3.18. The Bertz CT molecular complexity index is 974. The number of ether oxygens (including phenoxy) is 1. The van der Waals surface area contributed by atoms with Crippen molar-refractivity contribution in [2.75, 3.05) is 26.4 Å². The Balaban J connectivity index is 2.03. The zero-order valence-corrected chi connectivity index (χ0v) is 15.8. The Morgan fingerprint density at radius 2 is 1.90 bits per heavy atom. The summed E-state index contributed by atoms with van der Waals surface area (Å²) in [5.41, 5.74) is 0.211. The molecular weight excluding hydrogens is 394 g/mol. The number of aliphatic hydroxyl groups excluding tert-OH is 2. The third-order valence-electron chi connectivity index (χ3n) is 4.57. The number of non-ortho nitro benzene ring substituents is 1. The Morgan fingerprint density at radius 3 is 2.50 bits per heavy atom. The number of aliphatic hydroxyl groups is 2. The summed E-state index contributed by atoms with van der Waals surface area (Å²) in [5.74, 6) is -2.15. The number of Topliss-reactive ketones (excluding diaryl/α,β-unsaturated/α-hetero) is 1. The molecule has 0 saturated carbocycles. The third kappa shape index (κ3) is 4.19. The minimum atomic E-state index is -0.945. The largest absolute Gasteiger partial charge is 0.507 e. The molecule has 1 saturated heterocycles. The van der Waals surface area contributed by atoms with Crippen LogP contribution in [0.4, 0.5) is 5.69 Å². The van der Waals surface area contributed by atoms with Crippen molar-refractivity contribution < 1.29 is 29.5 Å². The van der Waals surface area contributed by atoms with Crippen molar-refractivity contribution in [3.8, 4) is 0 Å². The average Bonchev–Trinajstić information content (AvgIpc) is 3.01. The van der Waals surface area contributed by atoms with Crippen molar-refractivity contribution in [3.63, 3.8) is 0 Å². The lowest BCUT2D eigenvalue weighted by Crippen LogP contribution is -2.33. The van der Waals surface area contributed by atoms with Crippen LogP contribution < -0.4 is 0 Å². The van der Waals surface area contributed by atoms with Crippen LogP contribution in [-0.4, -0.2) is 63.1 Å². The number of amides is 1. The van der Waals surface area contributed by atoms with Crippen molar-refractivity contribution in [2.24, 2.45) is 0 Å². The summed E-state index contributed by atoms with van der Waals surface area (Å²) >= 11 is 0. The second kappa shape index (κ2) is 9.25. The molecule has 1 aliphatic rings. The molecule has 1 aromatic carbocycles. The van der Waals surface area contributed by atoms with Crippen LogP contribution in [0.25, 0.3) is 5.76 Å². The molecule has 3 rings (SSSR count). The standard InChI is InChI=1S/C20H19N3O7/c24-10-12-30-11-9-22-17(15-3-1-2-8-21-15)16(19(26)20(22)27)18(25)13-4-6-14(7-5-13)23(28)29/h1-8,17,24-25H,9-12H2. The van der Waals surface area contributed by atoms with Gasteiger partial charge < -0.3 is 19.8 Å². The van der Waals surface area contributed by atoms with E-state index in [9.17, 15) is 24.8 Å². The molecule has 1 aliphatic heterocycles. The van der Waals surface area contributed by atoms with Crippen molar-refractivity contribution in [1.82, 2.24) is 9.88 Å². The third-order valence-corrected chi connectivity index (χ3v) is 4.57. The second-order valence-corrected chi connectivity index (χ2v) is 6.39. The predicted octanol–water partition coefficient (Wildman–Crippen LogP) is 1.42. The zero-order chi connectivity index (χ0) is 21.7. The molecule has 0 aliphatic carbocycles. The molecule has 2 N–H and O–H groups in total. The van der Waals surface area contributed by atoms with E-state index in [2.05, 4.69) is 4.98 Å². The number of hydrogen-bond donors (Lipinski definition) is 2. The van der Waals surface area contributed by atoms with Crippen LogP contribution in [0.1, 0.15) is 17.3 Å². The minimum absolute atomic E-state index is 0.0445. The number of carbonyl (C=O) groups excluding carboxylic acids is 2.